The Kier molecular flexibility index (Phi) is 4.13. The number of amides is 1. The van der Waals surface area contributed by atoms with Gasteiger partial charge in [-0.2, -0.15) is 5.26 Å². The van der Waals surface area contributed by atoms with Crippen LogP contribution >= 0.6 is 11.3 Å². The maximum Gasteiger partial charge on any atom is 0.275 e. The van der Waals surface area contributed by atoms with Crippen LogP contribution in [-0.2, 0) is 6.61 Å². The first-order valence-electron chi connectivity index (χ1n) is 5.45. The lowest BCUT2D eigenvalue weighted by atomic mass is 10.2. The number of hydrogen-bond acceptors (Lipinski definition) is 5. The predicted octanol–water partition coefficient (Wildman–Crippen LogP) is 1.80. The van der Waals surface area contributed by atoms with Gasteiger partial charge in [-0.05, 0) is 29.6 Å². The van der Waals surface area contributed by atoms with Gasteiger partial charge in [0.15, 0.2) is 0 Å². The second-order valence-electron chi connectivity index (χ2n) is 3.68. The summed E-state index contributed by atoms with van der Waals surface area (Å²) in [6.45, 7) is 0.251. The molecule has 1 aromatic carbocycles. The molecule has 0 radical (unpaired) electrons. The lowest BCUT2D eigenvalue weighted by molar-refractivity contribution is 0.0955. The number of benzene rings is 1. The molecule has 96 valence electrons. The summed E-state index contributed by atoms with van der Waals surface area (Å²) in [5.74, 6) is 5.36. The zero-order valence-electron chi connectivity index (χ0n) is 9.92. The molecule has 0 aliphatic rings. The van der Waals surface area contributed by atoms with Gasteiger partial charge in [-0.1, -0.05) is 6.07 Å². The molecule has 5 nitrogen and oxygen atoms in total. The van der Waals surface area contributed by atoms with E-state index in [4.69, 9.17) is 15.8 Å². The third-order valence-electron chi connectivity index (χ3n) is 2.44. The molecular formula is C13H11N3O2S. The van der Waals surface area contributed by atoms with E-state index in [2.05, 4.69) is 5.43 Å². The molecule has 3 N–H and O–H groups in total. The first kappa shape index (κ1) is 13.1. The number of hydrazine groups is 1. The van der Waals surface area contributed by atoms with E-state index < -0.39 is 0 Å². The van der Waals surface area contributed by atoms with E-state index in [0.717, 1.165) is 5.56 Å². The minimum Gasteiger partial charge on any atom is -0.489 e. The zero-order valence-corrected chi connectivity index (χ0v) is 10.7. The number of nitrogens with one attached hydrogen (secondary N) is 1. The molecule has 1 aromatic heterocycles. The number of nitrogens with zero attached hydrogens (tertiary/aromatic N) is 1. The Labute approximate surface area is 114 Å². The summed E-state index contributed by atoms with van der Waals surface area (Å²) in [6.07, 6.45) is 0. The molecule has 1 amide bonds. The van der Waals surface area contributed by atoms with E-state index in [1.165, 1.54) is 11.3 Å². The van der Waals surface area contributed by atoms with Crippen molar-refractivity contribution in [3.8, 4) is 11.8 Å². The molecule has 0 fully saturated rings. The maximum atomic E-state index is 11.5. The largest absolute Gasteiger partial charge is 0.489 e. The molecule has 0 saturated carbocycles. The summed E-state index contributed by atoms with van der Waals surface area (Å²) >= 11 is 1.30. The summed E-state index contributed by atoms with van der Waals surface area (Å²) in [7, 11) is 0. The van der Waals surface area contributed by atoms with Crippen LogP contribution in [0.3, 0.4) is 0 Å². The minimum absolute atomic E-state index is 0.251. The van der Waals surface area contributed by atoms with Gasteiger partial charge in [-0.15, -0.1) is 11.3 Å². The Morgan fingerprint density at radius 3 is 3.05 bits per heavy atom. The molecule has 0 unspecified atom stereocenters. The highest BCUT2D eigenvalue weighted by Crippen LogP contribution is 2.20. The number of carbonyl (C=O) groups is 1. The number of hydrogen-bond donors (Lipinski definition) is 2. The molecule has 0 atom stereocenters. The van der Waals surface area contributed by atoms with Crippen LogP contribution in [0.2, 0.25) is 0 Å². The standard InChI is InChI=1S/C13H11N3O2S/c14-7-9-2-1-3-11(6-9)18-8-10-4-5-19-12(10)13(17)16-15/h1-6H,8,15H2,(H,16,17). The Hall–Kier alpha value is -2.36. The molecular weight excluding hydrogens is 262 g/mol. The Morgan fingerprint density at radius 2 is 2.32 bits per heavy atom. The molecule has 1 heterocycles. The molecule has 0 spiro atoms. The van der Waals surface area contributed by atoms with E-state index in [1.807, 2.05) is 12.1 Å². The predicted molar refractivity (Wildman–Crippen MR) is 71.5 cm³/mol. The van der Waals surface area contributed by atoms with E-state index >= 15 is 0 Å². The van der Waals surface area contributed by atoms with Gasteiger partial charge in [-0.3, -0.25) is 10.2 Å². The molecule has 19 heavy (non-hydrogen) atoms. The molecule has 2 rings (SSSR count). The topological polar surface area (TPSA) is 88.1 Å². The van der Waals surface area contributed by atoms with Crippen LogP contribution in [0.5, 0.6) is 5.75 Å². The molecule has 6 heteroatoms. The molecule has 2 aromatic rings. The minimum atomic E-state index is -0.334. The summed E-state index contributed by atoms with van der Waals surface area (Å²) in [5.41, 5.74) is 3.39. The highest BCUT2D eigenvalue weighted by atomic mass is 32.1. The van der Waals surface area contributed by atoms with Gasteiger partial charge in [-0.25, -0.2) is 5.84 Å². The van der Waals surface area contributed by atoms with Crippen molar-refractivity contribution in [2.24, 2.45) is 5.84 Å². The van der Waals surface area contributed by atoms with Crippen molar-refractivity contribution in [2.45, 2.75) is 6.61 Å². The third kappa shape index (κ3) is 3.10. The third-order valence-corrected chi connectivity index (χ3v) is 3.40. The van der Waals surface area contributed by atoms with E-state index in [1.54, 1.807) is 29.6 Å². The van der Waals surface area contributed by atoms with Gasteiger partial charge >= 0.3 is 0 Å². The Balaban J connectivity index is 2.09. The number of carbonyl (C=O) groups excluding carboxylic acids is 1. The van der Waals surface area contributed by atoms with Gasteiger partial charge in [0.1, 0.15) is 12.4 Å². The van der Waals surface area contributed by atoms with Crippen LogP contribution in [0.25, 0.3) is 0 Å². The average molecular weight is 273 g/mol. The normalized spacial score (nSPS) is 9.68. The number of nitriles is 1. The van der Waals surface area contributed by atoms with Crippen molar-refractivity contribution >= 4 is 17.2 Å². The smallest absolute Gasteiger partial charge is 0.275 e. The van der Waals surface area contributed by atoms with Gasteiger partial charge in [0, 0.05) is 5.56 Å². The first-order valence-corrected chi connectivity index (χ1v) is 6.33. The average Bonchev–Trinajstić information content (AvgIpc) is 2.93. The monoisotopic (exact) mass is 273 g/mol. The van der Waals surface area contributed by atoms with Crippen molar-refractivity contribution in [1.29, 1.82) is 5.26 Å². The summed E-state index contributed by atoms with van der Waals surface area (Å²) < 4.78 is 5.56. The quantitative estimate of drug-likeness (QED) is 0.505. The fourth-order valence-electron chi connectivity index (χ4n) is 1.53. The van der Waals surface area contributed by atoms with Gasteiger partial charge in [0.05, 0.1) is 16.5 Å². The van der Waals surface area contributed by atoms with Crippen LogP contribution < -0.4 is 16.0 Å². The number of nitrogens with two attached hydrogens (primary N) is 1. The van der Waals surface area contributed by atoms with E-state index in [0.29, 0.717) is 16.2 Å². The van der Waals surface area contributed by atoms with Crippen molar-refractivity contribution < 1.29 is 9.53 Å². The maximum absolute atomic E-state index is 11.5. The molecule has 0 aliphatic carbocycles. The molecule has 0 bridgehead atoms. The van der Waals surface area contributed by atoms with Gasteiger partial charge < -0.3 is 4.74 Å². The van der Waals surface area contributed by atoms with Crippen molar-refractivity contribution in [1.82, 2.24) is 5.43 Å². The lowest BCUT2D eigenvalue weighted by Crippen LogP contribution is -2.30. The van der Waals surface area contributed by atoms with Crippen LogP contribution in [-0.4, -0.2) is 5.91 Å². The Bertz CT molecular complexity index is 631. The highest BCUT2D eigenvalue weighted by molar-refractivity contribution is 7.12. The van der Waals surface area contributed by atoms with Crippen molar-refractivity contribution in [3.05, 3.63) is 51.7 Å². The van der Waals surface area contributed by atoms with Crippen molar-refractivity contribution in [2.75, 3.05) is 0 Å². The Morgan fingerprint density at radius 1 is 1.47 bits per heavy atom. The van der Waals surface area contributed by atoms with E-state index in [9.17, 15) is 4.79 Å². The number of ether oxygens (including phenoxy) is 1. The van der Waals surface area contributed by atoms with Crippen LogP contribution in [0, 0.1) is 11.3 Å². The number of nitrogen functional groups attached to an aromatic ring is 1. The lowest BCUT2D eigenvalue weighted by Gasteiger charge is -2.06. The summed E-state index contributed by atoms with van der Waals surface area (Å²) in [6, 6.07) is 10.7. The second kappa shape index (κ2) is 6.00. The highest BCUT2D eigenvalue weighted by Gasteiger charge is 2.12. The number of rotatable bonds is 4. The van der Waals surface area contributed by atoms with Crippen molar-refractivity contribution in [3.63, 3.8) is 0 Å². The van der Waals surface area contributed by atoms with Crippen LogP contribution in [0.15, 0.2) is 35.7 Å². The fraction of sp³-hybridized carbons (Fsp3) is 0.0769. The number of thiophene rings is 1. The fourth-order valence-corrected chi connectivity index (χ4v) is 2.34. The van der Waals surface area contributed by atoms with Gasteiger partial charge in [0.2, 0.25) is 0 Å². The van der Waals surface area contributed by atoms with Gasteiger partial charge in [0.25, 0.3) is 5.91 Å². The zero-order chi connectivity index (χ0) is 13.7. The second-order valence-corrected chi connectivity index (χ2v) is 4.59. The van der Waals surface area contributed by atoms with Crippen LogP contribution in [0.1, 0.15) is 20.8 Å². The molecule has 0 saturated heterocycles. The SMILES string of the molecule is N#Cc1cccc(OCc2ccsc2C(=O)NN)c1. The summed E-state index contributed by atoms with van der Waals surface area (Å²) in [4.78, 5) is 12.0. The first-order chi connectivity index (χ1) is 9.24. The van der Waals surface area contributed by atoms with Crippen LogP contribution in [0.4, 0.5) is 0 Å². The summed E-state index contributed by atoms with van der Waals surface area (Å²) in [5, 5.41) is 10.6. The molecule has 0 aliphatic heterocycles. The van der Waals surface area contributed by atoms with E-state index in [-0.39, 0.29) is 12.5 Å².